The number of hydroxylamine groups is 1. The molecule has 0 heterocycles. The molecule has 0 aliphatic heterocycles. The number of rotatable bonds is 16. The van der Waals surface area contributed by atoms with Crippen molar-refractivity contribution in [2.24, 2.45) is 0 Å². The summed E-state index contributed by atoms with van der Waals surface area (Å²) in [5.74, 6) is 0.577. The largest absolute Gasteiger partial charge is 0.497 e. The molecule has 2 aromatic carbocycles. The van der Waals surface area contributed by atoms with E-state index in [-0.39, 0.29) is 24.2 Å². The van der Waals surface area contributed by atoms with Crippen molar-refractivity contribution in [2.75, 3.05) is 32.2 Å². The van der Waals surface area contributed by atoms with Gasteiger partial charge in [-0.05, 0) is 56.9 Å². The summed E-state index contributed by atoms with van der Waals surface area (Å²) in [5.41, 5.74) is 4.15. The van der Waals surface area contributed by atoms with E-state index in [4.69, 9.17) is 14.7 Å². The first kappa shape index (κ1) is 31.6. The number of nitrogens with zero attached hydrogens (tertiary/aromatic N) is 2. The summed E-state index contributed by atoms with van der Waals surface area (Å²) in [6.45, 7) is 7.58. The van der Waals surface area contributed by atoms with E-state index in [1.54, 1.807) is 36.7 Å². The first-order chi connectivity index (χ1) is 18.8. The van der Waals surface area contributed by atoms with Crippen LogP contribution >= 0.6 is 0 Å². The maximum atomic E-state index is 13.5. The van der Waals surface area contributed by atoms with E-state index in [1.165, 1.54) is 0 Å². The molecule has 1 atom stereocenters. The summed E-state index contributed by atoms with van der Waals surface area (Å²) in [4.78, 5) is 41.0. The number of hydrogen-bond acceptors (Lipinski definition) is 6. The van der Waals surface area contributed by atoms with Crippen LogP contribution in [0.2, 0.25) is 0 Å². The molecule has 0 saturated carbocycles. The quantitative estimate of drug-likeness (QED) is 0.175. The molecule has 2 aromatic rings. The summed E-state index contributed by atoms with van der Waals surface area (Å²) < 4.78 is 10.9. The Morgan fingerprint density at radius 1 is 0.897 bits per heavy atom. The SMILES string of the molecule is CCN(CC)C(=O)C(C)c1ccc(CN(C(=O)CCCCCCC(=O)NO)c2ccc(OC)cc2OC)cc1. The minimum absolute atomic E-state index is 0.0410. The monoisotopic (exact) mass is 541 g/mol. The maximum Gasteiger partial charge on any atom is 0.243 e. The van der Waals surface area contributed by atoms with Crippen LogP contribution < -0.4 is 19.9 Å². The molecule has 0 spiro atoms. The van der Waals surface area contributed by atoms with Crippen molar-refractivity contribution in [1.82, 2.24) is 10.4 Å². The van der Waals surface area contributed by atoms with Crippen LogP contribution in [0.3, 0.4) is 0 Å². The van der Waals surface area contributed by atoms with Gasteiger partial charge in [0.1, 0.15) is 11.5 Å². The molecular formula is C30H43N3O6. The lowest BCUT2D eigenvalue weighted by Gasteiger charge is -2.26. The minimum Gasteiger partial charge on any atom is -0.497 e. The molecule has 3 amide bonds. The smallest absolute Gasteiger partial charge is 0.243 e. The van der Waals surface area contributed by atoms with Crippen molar-refractivity contribution in [1.29, 1.82) is 0 Å². The summed E-state index contributed by atoms with van der Waals surface area (Å²) in [5, 5.41) is 8.60. The fraction of sp³-hybridized carbons (Fsp3) is 0.500. The van der Waals surface area contributed by atoms with Crippen LogP contribution in [0, 0.1) is 0 Å². The number of anilines is 1. The average molecular weight is 542 g/mol. The molecule has 2 N–H and O–H groups in total. The first-order valence-corrected chi connectivity index (χ1v) is 13.6. The second-order valence-corrected chi connectivity index (χ2v) is 9.44. The Bertz CT molecular complexity index is 1070. The van der Waals surface area contributed by atoms with Crippen LogP contribution in [0.5, 0.6) is 11.5 Å². The molecule has 0 aliphatic rings. The van der Waals surface area contributed by atoms with Crippen molar-refractivity contribution < 1.29 is 29.1 Å². The number of nitrogens with one attached hydrogen (secondary N) is 1. The number of benzene rings is 2. The van der Waals surface area contributed by atoms with Crippen LogP contribution in [-0.2, 0) is 20.9 Å². The van der Waals surface area contributed by atoms with Crippen LogP contribution in [0.25, 0.3) is 0 Å². The van der Waals surface area contributed by atoms with Gasteiger partial charge in [0, 0.05) is 32.0 Å². The third-order valence-electron chi connectivity index (χ3n) is 6.91. The predicted octanol–water partition coefficient (Wildman–Crippen LogP) is 5.05. The topological polar surface area (TPSA) is 108 Å². The van der Waals surface area contributed by atoms with Crippen LogP contribution in [0.15, 0.2) is 42.5 Å². The van der Waals surface area contributed by atoms with Crippen LogP contribution in [0.1, 0.15) is 76.3 Å². The second-order valence-electron chi connectivity index (χ2n) is 9.44. The number of unbranched alkanes of at least 4 members (excludes halogenated alkanes) is 3. The minimum atomic E-state index is -0.401. The summed E-state index contributed by atoms with van der Waals surface area (Å²) >= 11 is 0. The molecule has 39 heavy (non-hydrogen) atoms. The number of likely N-dealkylation sites (N-methyl/N-ethyl adjacent to an activating group) is 1. The highest BCUT2D eigenvalue weighted by molar-refractivity contribution is 5.95. The number of carbonyl (C=O) groups is 3. The number of carbonyl (C=O) groups excluding carboxylic acids is 3. The number of amides is 3. The van der Waals surface area contributed by atoms with Gasteiger partial charge >= 0.3 is 0 Å². The van der Waals surface area contributed by atoms with Gasteiger partial charge < -0.3 is 19.3 Å². The molecule has 214 valence electrons. The Labute approximate surface area is 232 Å². The van der Waals surface area contributed by atoms with E-state index in [2.05, 4.69) is 0 Å². The Balaban J connectivity index is 2.19. The van der Waals surface area contributed by atoms with Crippen molar-refractivity contribution >= 4 is 23.4 Å². The van der Waals surface area contributed by atoms with Gasteiger partial charge in [-0.2, -0.15) is 0 Å². The Morgan fingerprint density at radius 2 is 1.54 bits per heavy atom. The molecule has 0 bridgehead atoms. The number of methoxy groups -OCH3 is 2. The zero-order valence-electron chi connectivity index (χ0n) is 23.9. The number of ether oxygens (including phenoxy) is 2. The second kappa shape index (κ2) is 16.4. The van der Waals surface area contributed by atoms with E-state index in [1.807, 2.05) is 56.0 Å². The molecule has 0 saturated heterocycles. The van der Waals surface area contributed by atoms with Gasteiger partial charge in [-0.25, -0.2) is 5.48 Å². The zero-order valence-corrected chi connectivity index (χ0v) is 23.9. The highest BCUT2D eigenvalue weighted by Crippen LogP contribution is 2.34. The molecule has 0 fully saturated rings. The highest BCUT2D eigenvalue weighted by atomic mass is 16.5. The van der Waals surface area contributed by atoms with E-state index in [0.717, 1.165) is 24.0 Å². The third-order valence-corrected chi connectivity index (χ3v) is 6.91. The Hall–Kier alpha value is -3.59. The van der Waals surface area contributed by atoms with E-state index < -0.39 is 5.91 Å². The summed E-state index contributed by atoms with van der Waals surface area (Å²) in [6, 6.07) is 13.2. The lowest BCUT2D eigenvalue weighted by Crippen LogP contribution is -2.33. The third kappa shape index (κ3) is 9.28. The molecule has 1 unspecified atom stereocenters. The maximum absolute atomic E-state index is 13.5. The Kier molecular flexibility index (Phi) is 13.3. The summed E-state index contributed by atoms with van der Waals surface area (Å²) in [6.07, 6.45) is 3.52. The lowest BCUT2D eigenvalue weighted by molar-refractivity contribution is -0.132. The van der Waals surface area contributed by atoms with E-state index in [9.17, 15) is 14.4 Å². The Morgan fingerprint density at radius 3 is 2.10 bits per heavy atom. The van der Waals surface area contributed by atoms with Gasteiger partial charge in [0.15, 0.2) is 0 Å². The van der Waals surface area contributed by atoms with Crippen molar-refractivity contribution in [2.45, 2.75) is 71.8 Å². The van der Waals surface area contributed by atoms with Crippen LogP contribution in [-0.4, -0.2) is 55.1 Å². The van der Waals surface area contributed by atoms with Gasteiger partial charge in [0.2, 0.25) is 17.7 Å². The lowest BCUT2D eigenvalue weighted by atomic mass is 9.98. The standard InChI is InChI=1S/C30H43N3O6/c1-6-32(7-2)30(36)22(3)24-16-14-23(15-17-24)21-33(26-19-18-25(38-4)20-27(26)39-5)29(35)13-11-9-8-10-12-28(34)31-37/h14-20,22,37H,6-13,21H2,1-5H3,(H,31,34). The predicted molar refractivity (Wildman–Crippen MR) is 151 cm³/mol. The first-order valence-electron chi connectivity index (χ1n) is 13.6. The van der Waals surface area contributed by atoms with E-state index >= 15 is 0 Å². The van der Waals surface area contributed by atoms with Crippen molar-refractivity contribution in [3.8, 4) is 11.5 Å². The van der Waals surface area contributed by atoms with Gasteiger partial charge in [-0.3, -0.25) is 19.6 Å². The summed E-state index contributed by atoms with van der Waals surface area (Å²) in [7, 11) is 3.14. The molecule has 2 rings (SSSR count). The van der Waals surface area contributed by atoms with Gasteiger partial charge in [0.05, 0.1) is 32.4 Å². The molecule has 0 radical (unpaired) electrons. The van der Waals surface area contributed by atoms with Gasteiger partial charge in [-0.15, -0.1) is 0 Å². The molecular weight excluding hydrogens is 498 g/mol. The number of hydrogen-bond donors (Lipinski definition) is 2. The highest BCUT2D eigenvalue weighted by Gasteiger charge is 2.22. The van der Waals surface area contributed by atoms with Gasteiger partial charge in [-0.1, -0.05) is 37.1 Å². The fourth-order valence-corrected chi connectivity index (χ4v) is 4.47. The molecule has 9 heteroatoms. The van der Waals surface area contributed by atoms with Crippen molar-refractivity contribution in [3.63, 3.8) is 0 Å². The van der Waals surface area contributed by atoms with Crippen LogP contribution in [0.4, 0.5) is 5.69 Å². The van der Waals surface area contributed by atoms with Gasteiger partial charge in [0.25, 0.3) is 0 Å². The fourth-order valence-electron chi connectivity index (χ4n) is 4.47. The van der Waals surface area contributed by atoms with Crippen molar-refractivity contribution in [3.05, 3.63) is 53.6 Å². The average Bonchev–Trinajstić information content (AvgIpc) is 2.97. The molecule has 0 aliphatic carbocycles. The van der Waals surface area contributed by atoms with E-state index in [0.29, 0.717) is 56.1 Å². The zero-order chi connectivity index (χ0) is 28.8. The normalized spacial score (nSPS) is 11.4. The molecule has 0 aromatic heterocycles. The molecule has 9 nitrogen and oxygen atoms in total.